The van der Waals surface area contributed by atoms with Gasteiger partial charge in [0.05, 0.1) is 11.8 Å². The summed E-state index contributed by atoms with van der Waals surface area (Å²) < 4.78 is 5.83. The highest BCUT2D eigenvalue weighted by Gasteiger charge is 2.59. The lowest BCUT2D eigenvalue weighted by molar-refractivity contribution is -0.169. The van der Waals surface area contributed by atoms with Gasteiger partial charge in [0, 0.05) is 41.4 Å². The number of nitrogens with one attached hydrogen (secondary N) is 2. The fraction of sp³-hybridized carbons (Fsp3) is 0.500. The van der Waals surface area contributed by atoms with E-state index in [1.165, 1.54) is 17.8 Å². The van der Waals surface area contributed by atoms with Gasteiger partial charge in [-0.3, -0.25) is 10.3 Å². The third kappa shape index (κ3) is 3.02. The van der Waals surface area contributed by atoms with Gasteiger partial charge in [-0.25, -0.2) is 9.78 Å². The number of nitrogens with zero attached hydrogens (tertiary/aromatic N) is 2. The summed E-state index contributed by atoms with van der Waals surface area (Å²) in [5.41, 5.74) is 1.93. The maximum absolute atomic E-state index is 12.3. The minimum absolute atomic E-state index is 0.164. The van der Waals surface area contributed by atoms with Crippen LogP contribution in [0.2, 0.25) is 0 Å². The molecule has 2 fully saturated rings. The maximum Gasteiger partial charge on any atom is 0.321 e. The van der Waals surface area contributed by atoms with E-state index >= 15 is 0 Å². The fourth-order valence-electron chi connectivity index (χ4n) is 3.91. The van der Waals surface area contributed by atoms with E-state index in [2.05, 4.69) is 20.6 Å². The van der Waals surface area contributed by atoms with Gasteiger partial charge in [0.15, 0.2) is 5.13 Å². The van der Waals surface area contributed by atoms with Gasteiger partial charge in [-0.05, 0) is 38.3 Å². The molecule has 2 N–H and O–H groups in total. The minimum Gasteiger partial charge on any atom is -0.378 e. The average molecular weight is 358 g/mol. The number of rotatable bonds is 5. The molecule has 2 amide bonds. The summed E-state index contributed by atoms with van der Waals surface area (Å²) in [5, 5.41) is 8.50. The monoisotopic (exact) mass is 358 g/mol. The Labute approximate surface area is 151 Å². The van der Waals surface area contributed by atoms with Crippen molar-refractivity contribution in [2.45, 2.75) is 44.8 Å². The van der Waals surface area contributed by atoms with Crippen molar-refractivity contribution in [1.82, 2.24) is 15.3 Å². The molecule has 2 aromatic heterocycles. The third-order valence-electron chi connectivity index (χ3n) is 5.42. The second-order valence-corrected chi connectivity index (χ2v) is 7.56. The number of pyridine rings is 1. The van der Waals surface area contributed by atoms with Gasteiger partial charge in [-0.2, -0.15) is 0 Å². The predicted molar refractivity (Wildman–Crippen MR) is 97.6 cm³/mol. The number of carbonyl (C=O) groups is 1. The lowest BCUT2D eigenvalue weighted by Gasteiger charge is -2.60. The van der Waals surface area contributed by atoms with Gasteiger partial charge in [0.1, 0.15) is 0 Å². The van der Waals surface area contributed by atoms with E-state index in [1.54, 1.807) is 12.4 Å². The van der Waals surface area contributed by atoms with E-state index < -0.39 is 0 Å². The molecule has 2 saturated carbocycles. The molecular formula is C18H22N4O2S. The van der Waals surface area contributed by atoms with Crippen LogP contribution in [-0.4, -0.2) is 34.8 Å². The summed E-state index contributed by atoms with van der Waals surface area (Å²) in [6, 6.07) is 3.85. The first-order valence-electron chi connectivity index (χ1n) is 8.76. The summed E-state index contributed by atoms with van der Waals surface area (Å²) in [4.78, 5) is 20.9. The van der Waals surface area contributed by atoms with E-state index in [0.717, 1.165) is 37.1 Å². The molecule has 0 aliphatic heterocycles. The van der Waals surface area contributed by atoms with Crippen LogP contribution in [0.3, 0.4) is 0 Å². The molecule has 0 radical (unpaired) electrons. The molecule has 4 rings (SSSR count). The van der Waals surface area contributed by atoms with Crippen LogP contribution in [0.25, 0.3) is 11.3 Å². The van der Waals surface area contributed by atoms with Crippen LogP contribution >= 0.6 is 11.3 Å². The minimum atomic E-state index is -0.182. The summed E-state index contributed by atoms with van der Waals surface area (Å²) in [5.74, 6) is 0. The van der Waals surface area contributed by atoms with Crippen LogP contribution in [0.5, 0.6) is 0 Å². The Kier molecular flexibility index (Phi) is 4.43. The van der Waals surface area contributed by atoms with Gasteiger partial charge in [-0.15, -0.1) is 11.3 Å². The largest absolute Gasteiger partial charge is 0.378 e. The molecule has 0 unspecified atom stereocenters. The number of carbonyl (C=O) groups excluding carboxylic acids is 1. The van der Waals surface area contributed by atoms with E-state index in [0.29, 0.717) is 11.2 Å². The first kappa shape index (κ1) is 16.5. The van der Waals surface area contributed by atoms with Crippen LogP contribution < -0.4 is 10.6 Å². The molecule has 0 saturated heterocycles. The number of thiazole rings is 1. The molecule has 25 heavy (non-hydrogen) atoms. The Hall–Kier alpha value is -1.99. The normalized spacial score (nSPS) is 23.6. The number of hydrogen-bond acceptors (Lipinski definition) is 5. The molecule has 2 aliphatic rings. The van der Waals surface area contributed by atoms with Gasteiger partial charge >= 0.3 is 6.03 Å². The summed E-state index contributed by atoms with van der Waals surface area (Å²) in [7, 11) is 0. The molecule has 0 bridgehead atoms. The van der Waals surface area contributed by atoms with Gasteiger partial charge in [0.25, 0.3) is 0 Å². The summed E-state index contributed by atoms with van der Waals surface area (Å²) in [6.45, 7) is 2.77. The third-order valence-corrected chi connectivity index (χ3v) is 6.18. The van der Waals surface area contributed by atoms with E-state index in [9.17, 15) is 4.79 Å². The lowest BCUT2D eigenvalue weighted by Crippen LogP contribution is -2.68. The first-order valence-corrected chi connectivity index (χ1v) is 9.64. The number of urea groups is 1. The van der Waals surface area contributed by atoms with Gasteiger partial charge < -0.3 is 10.1 Å². The van der Waals surface area contributed by atoms with Gasteiger partial charge in [0.2, 0.25) is 0 Å². The number of ether oxygens (including phenoxy) is 1. The van der Waals surface area contributed by atoms with Crippen LogP contribution in [0.4, 0.5) is 9.93 Å². The number of amides is 2. The predicted octanol–water partition coefficient (Wildman–Crippen LogP) is 3.67. The standard InChI is InChI=1S/C18H22N4O2S/c1-2-24-15-9-14(18(15)6-4-7-18)21-16(23)22-17-20-13(11-25-17)12-5-3-8-19-10-12/h3,5,8,10-11,14-15H,2,4,6-7,9H2,1H3,(H2,20,21,22,23)/t14-,15-/m1/s1. The van der Waals surface area contributed by atoms with Crippen LogP contribution in [-0.2, 0) is 4.74 Å². The fourth-order valence-corrected chi connectivity index (χ4v) is 4.62. The van der Waals surface area contributed by atoms with Crippen LogP contribution in [0.1, 0.15) is 32.6 Å². The molecule has 2 aromatic rings. The smallest absolute Gasteiger partial charge is 0.321 e. The molecule has 1 spiro atoms. The first-order chi connectivity index (χ1) is 12.2. The Morgan fingerprint density at radius 2 is 2.36 bits per heavy atom. The SMILES string of the molecule is CCO[C@@H]1C[C@@H](NC(=O)Nc2nc(-c3cccnc3)cs2)C12CCC2. The van der Waals surface area contributed by atoms with Crippen molar-refractivity contribution in [2.75, 3.05) is 11.9 Å². The zero-order chi connectivity index (χ0) is 17.3. The lowest BCUT2D eigenvalue weighted by atomic mass is 9.51. The van der Waals surface area contributed by atoms with Crippen molar-refractivity contribution >= 4 is 22.5 Å². The van der Waals surface area contributed by atoms with Crippen molar-refractivity contribution in [3.05, 3.63) is 29.9 Å². The average Bonchev–Trinajstić information content (AvgIpc) is 3.01. The summed E-state index contributed by atoms with van der Waals surface area (Å²) in [6.07, 6.45) is 8.21. The zero-order valence-electron chi connectivity index (χ0n) is 14.2. The van der Waals surface area contributed by atoms with Crippen molar-refractivity contribution in [3.63, 3.8) is 0 Å². The molecular weight excluding hydrogens is 336 g/mol. The molecule has 6 nitrogen and oxygen atoms in total. The number of hydrogen-bond donors (Lipinski definition) is 2. The van der Waals surface area contributed by atoms with Crippen LogP contribution in [0, 0.1) is 5.41 Å². The van der Waals surface area contributed by atoms with Crippen molar-refractivity contribution in [3.8, 4) is 11.3 Å². The second kappa shape index (κ2) is 6.72. The van der Waals surface area contributed by atoms with Crippen molar-refractivity contribution in [2.24, 2.45) is 5.41 Å². The Morgan fingerprint density at radius 1 is 1.48 bits per heavy atom. The number of aromatic nitrogens is 2. The second-order valence-electron chi connectivity index (χ2n) is 6.70. The van der Waals surface area contributed by atoms with Crippen molar-refractivity contribution < 1.29 is 9.53 Å². The van der Waals surface area contributed by atoms with Gasteiger partial charge in [-0.1, -0.05) is 6.42 Å². The quantitative estimate of drug-likeness (QED) is 0.855. The van der Waals surface area contributed by atoms with E-state index in [1.807, 2.05) is 24.4 Å². The topological polar surface area (TPSA) is 76.1 Å². The van der Waals surface area contributed by atoms with E-state index in [4.69, 9.17) is 4.74 Å². The van der Waals surface area contributed by atoms with E-state index in [-0.39, 0.29) is 17.5 Å². The Balaban J connectivity index is 1.35. The molecule has 2 heterocycles. The highest BCUT2D eigenvalue weighted by Crippen LogP contribution is 2.57. The molecule has 0 aromatic carbocycles. The molecule has 2 aliphatic carbocycles. The molecule has 2 atom stereocenters. The highest BCUT2D eigenvalue weighted by atomic mass is 32.1. The Bertz CT molecular complexity index is 745. The molecule has 7 heteroatoms. The molecule has 132 valence electrons. The van der Waals surface area contributed by atoms with Crippen LogP contribution in [0.15, 0.2) is 29.9 Å². The van der Waals surface area contributed by atoms with Crippen molar-refractivity contribution in [1.29, 1.82) is 0 Å². The summed E-state index contributed by atoms with van der Waals surface area (Å²) >= 11 is 1.42. The zero-order valence-corrected chi connectivity index (χ0v) is 15.0. The number of anilines is 1. The highest BCUT2D eigenvalue weighted by molar-refractivity contribution is 7.14. The Morgan fingerprint density at radius 3 is 3.04 bits per heavy atom. The maximum atomic E-state index is 12.3.